The van der Waals surface area contributed by atoms with E-state index in [9.17, 15) is 9.59 Å². The fourth-order valence-corrected chi connectivity index (χ4v) is 3.81. The van der Waals surface area contributed by atoms with Gasteiger partial charge in [0.15, 0.2) is 0 Å². The van der Waals surface area contributed by atoms with Gasteiger partial charge in [0, 0.05) is 17.4 Å². The van der Waals surface area contributed by atoms with E-state index in [-0.39, 0.29) is 49.3 Å². The second-order valence-corrected chi connectivity index (χ2v) is 5.53. The van der Waals surface area contributed by atoms with Crippen molar-refractivity contribution in [3.63, 3.8) is 0 Å². The Balaban J connectivity index is 0.00000144. The summed E-state index contributed by atoms with van der Waals surface area (Å²) < 4.78 is 0. The molecule has 0 radical (unpaired) electrons. The molecule has 2 fully saturated rings. The highest BCUT2D eigenvalue weighted by atomic mass is 35.5. The molecule has 2 heterocycles. The first-order chi connectivity index (χ1) is 7.66. The van der Waals surface area contributed by atoms with Crippen LogP contribution in [0.15, 0.2) is 0 Å². The number of halogens is 2. The summed E-state index contributed by atoms with van der Waals surface area (Å²) in [6.45, 7) is 0. The van der Waals surface area contributed by atoms with Gasteiger partial charge >= 0.3 is 12.0 Å². The maximum absolute atomic E-state index is 11.1. The van der Waals surface area contributed by atoms with E-state index in [0.717, 1.165) is 25.0 Å². The second-order valence-electron chi connectivity index (χ2n) is 4.26. The largest absolute Gasteiger partial charge is 0.481 e. The maximum Gasteiger partial charge on any atom is 0.315 e. The van der Waals surface area contributed by atoms with Crippen LogP contribution in [0.25, 0.3) is 0 Å². The van der Waals surface area contributed by atoms with Crippen molar-refractivity contribution in [3.05, 3.63) is 0 Å². The van der Waals surface area contributed by atoms with Crippen LogP contribution in [0.3, 0.4) is 0 Å². The van der Waals surface area contributed by atoms with E-state index < -0.39 is 5.97 Å². The number of carbonyl (C=O) groups excluding carboxylic acids is 1. The molecule has 2 saturated heterocycles. The molecule has 2 aliphatic heterocycles. The van der Waals surface area contributed by atoms with Crippen molar-refractivity contribution in [2.24, 2.45) is 0 Å². The van der Waals surface area contributed by atoms with Gasteiger partial charge in [-0.3, -0.25) is 4.79 Å². The third kappa shape index (κ3) is 4.40. The molecule has 106 valence electrons. The lowest BCUT2D eigenvalue weighted by molar-refractivity contribution is -0.137. The van der Waals surface area contributed by atoms with Gasteiger partial charge in [-0.05, 0) is 12.8 Å². The van der Waals surface area contributed by atoms with Crippen LogP contribution in [0, 0.1) is 0 Å². The molecule has 0 unspecified atom stereocenters. The molecule has 0 bridgehead atoms. The molecule has 0 aliphatic carbocycles. The van der Waals surface area contributed by atoms with Gasteiger partial charge in [0.05, 0.1) is 12.1 Å². The van der Waals surface area contributed by atoms with Crippen LogP contribution in [0.5, 0.6) is 0 Å². The van der Waals surface area contributed by atoms with Crippen molar-refractivity contribution in [1.29, 1.82) is 0 Å². The molecule has 18 heavy (non-hydrogen) atoms. The van der Waals surface area contributed by atoms with Gasteiger partial charge in [-0.2, -0.15) is 11.8 Å². The molecular weight excluding hydrogens is 299 g/mol. The van der Waals surface area contributed by atoms with Crippen molar-refractivity contribution < 1.29 is 14.7 Å². The molecule has 0 aromatic heterocycles. The van der Waals surface area contributed by atoms with Gasteiger partial charge in [0.2, 0.25) is 0 Å². The number of fused-ring (bicyclic) bond motifs is 1. The summed E-state index contributed by atoms with van der Waals surface area (Å²) in [6, 6.07) is 0.440. The number of rotatable bonds is 5. The molecule has 0 spiro atoms. The van der Waals surface area contributed by atoms with Gasteiger partial charge < -0.3 is 15.7 Å². The number of carboxylic acids is 1. The Labute approximate surface area is 123 Å². The van der Waals surface area contributed by atoms with Crippen molar-refractivity contribution in [2.75, 3.05) is 5.75 Å². The summed E-state index contributed by atoms with van der Waals surface area (Å²) in [6.07, 6.45) is 2.88. The first-order valence-electron chi connectivity index (χ1n) is 5.57. The number of urea groups is 1. The van der Waals surface area contributed by atoms with E-state index in [1.807, 2.05) is 11.8 Å². The zero-order valence-electron chi connectivity index (χ0n) is 9.76. The third-order valence-electron chi connectivity index (χ3n) is 3.07. The summed E-state index contributed by atoms with van der Waals surface area (Å²) in [7, 11) is 0. The number of carboxylic acid groups (broad SMARTS) is 1. The Kier molecular flexibility index (Phi) is 7.82. The monoisotopic (exact) mass is 316 g/mol. The van der Waals surface area contributed by atoms with Crippen molar-refractivity contribution in [2.45, 2.75) is 43.0 Å². The highest BCUT2D eigenvalue weighted by Gasteiger charge is 2.42. The fraction of sp³-hybridized carbons (Fsp3) is 0.800. The molecule has 0 saturated carbocycles. The van der Waals surface area contributed by atoms with Crippen molar-refractivity contribution >= 4 is 48.6 Å². The molecule has 2 rings (SSSR count). The van der Waals surface area contributed by atoms with E-state index in [4.69, 9.17) is 5.11 Å². The molecule has 3 N–H and O–H groups in total. The average Bonchev–Trinajstić information content (AvgIpc) is 2.72. The van der Waals surface area contributed by atoms with Crippen LogP contribution in [0.2, 0.25) is 0 Å². The number of nitrogens with one attached hydrogen (secondary N) is 2. The number of aliphatic carboxylic acids is 1. The Bertz CT molecular complexity index is 307. The van der Waals surface area contributed by atoms with Gasteiger partial charge in [-0.15, -0.1) is 24.8 Å². The van der Waals surface area contributed by atoms with Gasteiger partial charge in [0.25, 0.3) is 0 Å². The van der Waals surface area contributed by atoms with E-state index in [2.05, 4.69) is 10.6 Å². The fourth-order valence-electron chi connectivity index (χ4n) is 2.26. The van der Waals surface area contributed by atoms with Gasteiger partial charge in [0.1, 0.15) is 0 Å². The second kappa shape index (κ2) is 7.96. The summed E-state index contributed by atoms with van der Waals surface area (Å²) >= 11 is 1.87. The number of unbranched alkanes of at least 4 members (excludes halogenated alkanes) is 1. The smallest absolute Gasteiger partial charge is 0.315 e. The van der Waals surface area contributed by atoms with Gasteiger partial charge in [-0.1, -0.05) is 6.42 Å². The number of hydrogen-bond donors (Lipinski definition) is 3. The van der Waals surface area contributed by atoms with E-state index in [0.29, 0.717) is 5.25 Å². The standard InChI is InChI=1S/C10H16N2O3S.2ClH/c13-8(14)4-2-1-3-7-9-6(5-16-7)11-10(15)12-9;;/h6-7,9H,1-5H2,(H,13,14)(H2,11,12,15);2*1H/t6-,7-,9-;;/m0../s1. The van der Waals surface area contributed by atoms with Crippen LogP contribution in [-0.4, -0.2) is 40.2 Å². The normalized spacial score (nSPS) is 28.4. The Morgan fingerprint density at radius 1 is 1.33 bits per heavy atom. The topological polar surface area (TPSA) is 78.4 Å². The van der Waals surface area contributed by atoms with E-state index >= 15 is 0 Å². The zero-order chi connectivity index (χ0) is 11.5. The summed E-state index contributed by atoms with van der Waals surface area (Å²) in [5.74, 6) is 0.236. The van der Waals surface area contributed by atoms with Crippen LogP contribution in [0.1, 0.15) is 25.7 Å². The minimum atomic E-state index is -0.729. The number of thioether (sulfide) groups is 1. The minimum absolute atomic E-state index is 0. The third-order valence-corrected chi connectivity index (χ3v) is 4.58. The minimum Gasteiger partial charge on any atom is -0.481 e. The van der Waals surface area contributed by atoms with E-state index in [1.165, 1.54) is 0 Å². The van der Waals surface area contributed by atoms with Crippen LogP contribution in [0.4, 0.5) is 4.79 Å². The Morgan fingerprint density at radius 2 is 2.06 bits per heavy atom. The van der Waals surface area contributed by atoms with Crippen molar-refractivity contribution in [1.82, 2.24) is 10.6 Å². The molecule has 3 atom stereocenters. The highest BCUT2D eigenvalue weighted by molar-refractivity contribution is 8.00. The van der Waals surface area contributed by atoms with Crippen molar-refractivity contribution in [3.8, 4) is 0 Å². The Morgan fingerprint density at radius 3 is 2.72 bits per heavy atom. The first kappa shape index (κ1) is 17.7. The van der Waals surface area contributed by atoms with Gasteiger partial charge in [-0.25, -0.2) is 4.79 Å². The van der Waals surface area contributed by atoms with Crippen LogP contribution in [-0.2, 0) is 4.79 Å². The molecule has 2 amide bonds. The van der Waals surface area contributed by atoms with Crippen LogP contribution < -0.4 is 10.6 Å². The van der Waals surface area contributed by atoms with Crippen LogP contribution >= 0.6 is 36.6 Å². The summed E-state index contributed by atoms with van der Waals surface area (Å²) in [5, 5.41) is 14.8. The highest BCUT2D eigenvalue weighted by Crippen LogP contribution is 2.33. The SMILES string of the molecule is Cl.Cl.O=C(O)CCCC[C@@H]1SC[C@@H]2NC(=O)N[C@@H]21. The van der Waals surface area contributed by atoms with E-state index in [1.54, 1.807) is 0 Å². The lowest BCUT2D eigenvalue weighted by atomic mass is 10.0. The lowest BCUT2D eigenvalue weighted by Crippen LogP contribution is -2.36. The molecule has 8 heteroatoms. The molecule has 0 aromatic rings. The molecule has 2 aliphatic rings. The average molecular weight is 317 g/mol. The Hall–Kier alpha value is -0.330. The summed E-state index contributed by atoms with van der Waals surface area (Å²) in [4.78, 5) is 21.5. The number of hydrogen-bond acceptors (Lipinski definition) is 3. The molecule has 5 nitrogen and oxygen atoms in total. The quantitative estimate of drug-likeness (QED) is 0.532. The number of amides is 2. The zero-order valence-corrected chi connectivity index (χ0v) is 12.2. The molecule has 0 aromatic carbocycles. The predicted octanol–water partition coefficient (Wildman–Crippen LogP) is 1.64. The summed E-state index contributed by atoms with van der Waals surface area (Å²) in [5.41, 5.74) is 0. The lowest BCUT2D eigenvalue weighted by Gasteiger charge is -2.16. The maximum atomic E-state index is 11.1. The first-order valence-corrected chi connectivity index (χ1v) is 6.62. The predicted molar refractivity (Wildman–Crippen MR) is 76.1 cm³/mol. The molecular formula is C10H18Cl2N2O3S. The number of carbonyl (C=O) groups is 2.